The van der Waals surface area contributed by atoms with E-state index in [0.29, 0.717) is 0 Å². The van der Waals surface area contributed by atoms with Crippen molar-refractivity contribution in [3.8, 4) is 0 Å². The van der Waals surface area contributed by atoms with Crippen molar-refractivity contribution in [1.82, 2.24) is 5.32 Å². The number of rotatable bonds is 6. The van der Waals surface area contributed by atoms with Crippen LogP contribution in [0.25, 0.3) is 0 Å². The molecular weight excluding hydrogens is 322 g/mol. The Morgan fingerprint density at radius 2 is 2.00 bits per heavy atom. The molecule has 0 spiro atoms. The van der Waals surface area contributed by atoms with E-state index in [1.807, 2.05) is 29.5 Å². The van der Waals surface area contributed by atoms with Crippen molar-refractivity contribution in [3.05, 3.63) is 67.4 Å². The molecule has 0 aromatic carbocycles. The molecule has 0 aliphatic rings. The average Bonchev–Trinajstić information content (AvgIpc) is 3.21. The van der Waals surface area contributed by atoms with Crippen molar-refractivity contribution >= 4 is 34.3 Å². The van der Waals surface area contributed by atoms with Gasteiger partial charge in [0.2, 0.25) is 0 Å². The van der Waals surface area contributed by atoms with Crippen LogP contribution >= 0.6 is 34.3 Å². The second-order valence-corrected chi connectivity index (χ2v) is 7.69. The number of furan rings is 1. The molecule has 3 aromatic rings. The largest absolute Gasteiger partial charge is 0.467 e. The summed E-state index contributed by atoms with van der Waals surface area (Å²) >= 11 is 9.51. The SMILES string of the molecule is CCc1ccc(CNC(c2ccco2)c2ccc(Cl)s2)s1. The molecule has 3 heterocycles. The third-order valence-electron chi connectivity index (χ3n) is 3.25. The number of nitrogens with one attached hydrogen (secondary N) is 1. The first-order chi connectivity index (χ1) is 10.3. The molecule has 2 nitrogen and oxygen atoms in total. The molecule has 1 N–H and O–H groups in total. The van der Waals surface area contributed by atoms with E-state index in [0.717, 1.165) is 23.1 Å². The van der Waals surface area contributed by atoms with Crippen molar-refractivity contribution < 1.29 is 4.42 Å². The minimum Gasteiger partial charge on any atom is -0.467 e. The number of halogens is 1. The lowest BCUT2D eigenvalue weighted by Crippen LogP contribution is -2.20. The molecule has 5 heteroatoms. The summed E-state index contributed by atoms with van der Waals surface area (Å²) in [5, 5.41) is 3.57. The molecule has 0 aliphatic carbocycles. The highest BCUT2D eigenvalue weighted by molar-refractivity contribution is 7.16. The van der Waals surface area contributed by atoms with Gasteiger partial charge in [-0.25, -0.2) is 0 Å². The van der Waals surface area contributed by atoms with Crippen molar-refractivity contribution in [2.24, 2.45) is 0 Å². The third-order valence-corrected chi connectivity index (χ3v) is 5.78. The molecule has 0 aliphatic heterocycles. The van der Waals surface area contributed by atoms with Gasteiger partial charge in [0.05, 0.1) is 10.6 Å². The maximum Gasteiger partial charge on any atom is 0.126 e. The summed E-state index contributed by atoms with van der Waals surface area (Å²) in [5.74, 6) is 0.917. The van der Waals surface area contributed by atoms with Gasteiger partial charge in [-0.1, -0.05) is 18.5 Å². The van der Waals surface area contributed by atoms with Gasteiger partial charge in [-0.15, -0.1) is 22.7 Å². The predicted molar refractivity (Wildman–Crippen MR) is 90.4 cm³/mol. The number of thiophene rings is 2. The lowest BCUT2D eigenvalue weighted by molar-refractivity contribution is 0.450. The number of hydrogen-bond acceptors (Lipinski definition) is 4. The molecule has 0 bridgehead atoms. The fourth-order valence-corrected chi connectivity index (χ4v) is 4.24. The Labute approximate surface area is 137 Å². The van der Waals surface area contributed by atoms with Gasteiger partial charge in [-0.3, -0.25) is 5.32 Å². The molecule has 1 unspecified atom stereocenters. The van der Waals surface area contributed by atoms with Crippen LogP contribution < -0.4 is 5.32 Å². The Morgan fingerprint density at radius 1 is 1.14 bits per heavy atom. The fourth-order valence-electron chi connectivity index (χ4n) is 2.19. The van der Waals surface area contributed by atoms with E-state index in [2.05, 4.69) is 30.4 Å². The van der Waals surface area contributed by atoms with Crippen molar-refractivity contribution in [3.63, 3.8) is 0 Å². The molecule has 0 fully saturated rings. The first kappa shape index (κ1) is 14.9. The summed E-state index contributed by atoms with van der Waals surface area (Å²) in [4.78, 5) is 3.92. The van der Waals surface area contributed by atoms with Crippen molar-refractivity contribution in [2.45, 2.75) is 25.9 Å². The number of aryl methyl sites for hydroxylation is 1. The molecule has 21 heavy (non-hydrogen) atoms. The molecule has 0 radical (unpaired) electrons. The van der Waals surface area contributed by atoms with Gasteiger partial charge in [0.1, 0.15) is 11.8 Å². The van der Waals surface area contributed by atoms with Crippen LogP contribution in [0.1, 0.15) is 33.4 Å². The topological polar surface area (TPSA) is 25.2 Å². The van der Waals surface area contributed by atoms with Crippen LogP contribution in [0.4, 0.5) is 0 Å². The highest BCUT2D eigenvalue weighted by Gasteiger charge is 2.18. The van der Waals surface area contributed by atoms with E-state index >= 15 is 0 Å². The van der Waals surface area contributed by atoms with E-state index in [1.165, 1.54) is 14.6 Å². The van der Waals surface area contributed by atoms with Crippen LogP contribution in [-0.4, -0.2) is 0 Å². The maximum absolute atomic E-state index is 6.07. The van der Waals surface area contributed by atoms with Crippen LogP contribution in [0, 0.1) is 0 Å². The summed E-state index contributed by atoms with van der Waals surface area (Å²) in [6, 6.07) is 12.3. The highest BCUT2D eigenvalue weighted by atomic mass is 35.5. The van der Waals surface area contributed by atoms with Crippen LogP contribution in [0.15, 0.2) is 47.1 Å². The maximum atomic E-state index is 6.07. The van der Waals surface area contributed by atoms with Crippen LogP contribution in [0.3, 0.4) is 0 Å². The Kier molecular flexibility index (Phi) is 4.80. The van der Waals surface area contributed by atoms with Gasteiger partial charge in [0, 0.05) is 21.2 Å². The monoisotopic (exact) mass is 337 g/mol. The minimum absolute atomic E-state index is 0.0460. The molecule has 3 aromatic heterocycles. The van der Waals surface area contributed by atoms with E-state index in [1.54, 1.807) is 17.6 Å². The minimum atomic E-state index is 0.0460. The zero-order valence-corrected chi connectivity index (χ0v) is 14.0. The van der Waals surface area contributed by atoms with E-state index in [4.69, 9.17) is 16.0 Å². The first-order valence-electron chi connectivity index (χ1n) is 6.86. The lowest BCUT2D eigenvalue weighted by Gasteiger charge is -2.14. The van der Waals surface area contributed by atoms with Crippen LogP contribution in [0.2, 0.25) is 4.34 Å². The molecule has 0 amide bonds. The predicted octanol–water partition coefficient (Wildman–Crippen LogP) is 5.50. The van der Waals surface area contributed by atoms with E-state index < -0.39 is 0 Å². The Hall–Kier alpha value is -1.07. The average molecular weight is 338 g/mol. The smallest absolute Gasteiger partial charge is 0.126 e. The summed E-state index contributed by atoms with van der Waals surface area (Å²) in [7, 11) is 0. The zero-order chi connectivity index (χ0) is 14.7. The lowest BCUT2D eigenvalue weighted by atomic mass is 10.2. The summed E-state index contributed by atoms with van der Waals surface area (Å²) in [6.07, 6.45) is 2.80. The molecule has 0 saturated carbocycles. The third kappa shape index (κ3) is 3.58. The number of hydrogen-bond donors (Lipinski definition) is 1. The standard InChI is InChI=1S/C16H16ClNOS2/c1-2-11-5-6-12(20-11)10-18-16(13-4-3-9-19-13)14-7-8-15(17)21-14/h3-9,16,18H,2,10H2,1H3. The summed E-state index contributed by atoms with van der Waals surface area (Å²) in [6.45, 7) is 3.01. The van der Waals surface area contributed by atoms with Gasteiger partial charge in [-0.2, -0.15) is 0 Å². The molecular formula is C16H16ClNOS2. The molecule has 1 atom stereocenters. The van der Waals surface area contributed by atoms with Gasteiger partial charge >= 0.3 is 0 Å². The van der Waals surface area contributed by atoms with Crippen LogP contribution in [-0.2, 0) is 13.0 Å². The normalized spacial score (nSPS) is 12.7. The first-order valence-corrected chi connectivity index (χ1v) is 8.87. The van der Waals surface area contributed by atoms with E-state index in [-0.39, 0.29) is 6.04 Å². The van der Waals surface area contributed by atoms with Gasteiger partial charge in [0.25, 0.3) is 0 Å². The molecule has 110 valence electrons. The van der Waals surface area contributed by atoms with Gasteiger partial charge in [0.15, 0.2) is 0 Å². The van der Waals surface area contributed by atoms with Gasteiger partial charge < -0.3 is 4.42 Å². The van der Waals surface area contributed by atoms with Crippen molar-refractivity contribution in [1.29, 1.82) is 0 Å². The van der Waals surface area contributed by atoms with Gasteiger partial charge in [-0.05, 0) is 42.8 Å². The quantitative estimate of drug-likeness (QED) is 0.642. The zero-order valence-electron chi connectivity index (χ0n) is 11.6. The molecule has 0 saturated heterocycles. The highest BCUT2D eigenvalue weighted by Crippen LogP contribution is 2.31. The van der Waals surface area contributed by atoms with E-state index in [9.17, 15) is 0 Å². The Bertz CT molecular complexity index is 687. The second-order valence-electron chi connectivity index (χ2n) is 4.69. The fraction of sp³-hybridized carbons (Fsp3) is 0.250. The summed E-state index contributed by atoms with van der Waals surface area (Å²) < 4.78 is 6.38. The summed E-state index contributed by atoms with van der Waals surface area (Å²) in [5.41, 5.74) is 0. The van der Waals surface area contributed by atoms with Crippen LogP contribution in [0.5, 0.6) is 0 Å². The second kappa shape index (κ2) is 6.79. The Balaban J connectivity index is 1.76. The Morgan fingerprint density at radius 3 is 2.62 bits per heavy atom. The van der Waals surface area contributed by atoms with Crippen molar-refractivity contribution in [2.75, 3.05) is 0 Å². The molecule has 3 rings (SSSR count).